The lowest BCUT2D eigenvalue weighted by Gasteiger charge is -2.20. The van der Waals surface area contributed by atoms with Crippen LogP contribution >= 0.6 is 0 Å². The van der Waals surface area contributed by atoms with E-state index in [-0.39, 0.29) is 19.0 Å². The van der Waals surface area contributed by atoms with Crippen molar-refractivity contribution in [1.29, 1.82) is 0 Å². The van der Waals surface area contributed by atoms with Gasteiger partial charge in [0.25, 0.3) is 5.56 Å². The fourth-order valence-electron chi connectivity index (χ4n) is 1.79. The Morgan fingerprint density at radius 2 is 2.00 bits per heavy atom. The smallest absolute Gasteiger partial charge is 0.331 e. The second-order valence-corrected chi connectivity index (χ2v) is 4.82. The van der Waals surface area contributed by atoms with Crippen LogP contribution in [0.25, 0.3) is 0 Å². The Morgan fingerprint density at radius 3 is 2.57 bits per heavy atom. The number of nitrogens with zero attached hydrogens (tertiary/aromatic N) is 3. The number of carbonyl (C=O) groups excluding carboxylic acids is 2. The van der Waals surface area contributed by atoms with Crippen molar-refractivity contribution in [3.8, 4) is 0 Å². The highest BCUT2D eigenvalue weighted by atomic mass is 16.5. The van der Waals surface area contributed by atoms with E-state index in [0.717, 1.165) is 9.13 Å². The predicted octanol–water partition coefficient (Wildman–Crippen LogP) is -1.19. The molecular weight excluding hydrogens is 278 g/mol. The zero-order valence-corrected chi connectivity index (χ0v) is 12.5. The van der Waals surface area contributed by atoms with Crippen molar-refractivity contribution in [2.75, 3.05) is 20.7 Å². The van der Waals surface area contributed by atoms with Crippen molar-refractivity contribution in [1.82, 2.24) is 14.0 Å². The molecule has 0 spiro atoms. The Kier molecular flexibility index (Phi) is 5.45. The summed E-state index contributed by atoms with van der Waals surface area (Å²) in [7, 11) is 4.16. The van der Waals surface area contributed by atoms with E-state index < -0.39 is 23.1 Å². The second-order valence-electron chi connectivity index (χ2n) is 4.82. The van der Waals surface area contributed by atoms with E-state index in [1.54, 1.807) is 6.92 Å². The fraction of sp³-hybridized carbons (Fsp3) is 0.538. The third-order valence-corrected chi connectivity index (χ3v) is 3.14. The van der Waals surface area contributed by atoms with Gasteiger partial charge in [-0.3, -0.25) is 23.5 Å². The Labute approximate surface area is 121 Å². The minimum absolute atomic E-state index is 0.187. The summed E-state index contributed by atoms with van der Waals surface area (Å²) in [5.41, 5.74) is -0.998. The number of hydrogen-bond acceptors (Lipinski definition) is 5. The monoisotopic (exact) mass is 297 g/mol. The lowest BCUT2D eigenvalue weighted by molar-refractivity contribution is -0.146. The lowest BCUT2D eigenvalue weighted by Crippen LogP contribution is -2.42. The van der Waals surface area contributed by atoms with Crippen LogP contribution in [-0.2, 0) is 27.9 Å². The molecule has 0 aromatic carbocycles. The molecule has 8 nitrogen and oxygen atoms in total. The number of rotatable bonds is 5. The van der Waals surface area contributed by atoms with Gasteiger partial charge in [0.15, 0.2) is 0 Å². The van der Waals surface area contributed by atoms with Crippen molar-refractivity contribution < 1.29 is 14.3 Å². The van der Waals surface area contributed by atoms with Crippen LogP contribution in [0, 0.1) is 5.92 Å². The van der Waals surface area contributed by atoms with Gasteiger partial charge in [-0.1, -0.05) is 6.92 Å². The maximum Gasteiger partial charge on any atom is 0.331 e. The first-order valence-electron chi connectivity index (χ1n) is 6.36. The molecule has 0 aliphatic carbocycles. The van der Waals surface area contributed by atoms with Gasteiger partial charge in [0.1, 0.15) is 6.54 Å². The van der Waals surface area contributed by atoms with E-state index in [4.69, 9.17) is 0 Å². The number of aromatic nitrogens is 2. The molecule has 1 unspecified atom stereocenters. The zero-order valence-electron chi connectivity index (χ0n) is 12.5. The molecule has 116 valence electrons. The Balaban J connectivity index is 2.78. The topological polar surface area (TPSA) is 90.6 Å². The summed E-state index contributed by atoms with van der Waals surface area (Å²) in [6, 6.07) is 1.21. The van der Waals surface area contributed by atoms with Gasteiger partial charge in [0, 0.05) is 32.9 Å². The van der Waals surface area contributed by atoms with Crippen LogP contribution in [-0.4, -0.2) is 46.6 Å². The van der Waals surface area contributed by atoms with Crippen LogP contribution in [0.5, 0.6) is 0 Å². The first-order chi connectivity index (χ1) is 9.77. The number of amides is 1. The molecular formula is C13H19N3O5. The van der Waals surface area contributed by atoms with Gasteiger partial charge in [0.2, 0.25) is 5.91 Å². The van der Waals surface area contributed by atoms with E-state index in [2.05, 4.69) is 4.74 Å². The molecule has 1 heterocycles. The number of ether oxygens (including phenoxy) is 1. The molecule has 0 saturated carbocycles. The molecule has 0 bridgehead atoms. The van der Waals surface area contributed by atoms with Crippen LogP contribution in [0.2, 0.25) is 0 Å². The quantitative estimate of drug-likeness (QED) is 0.638. The van der Waals surface area contributed by atoms with E-state index >= 15 is 0 Å². The van der Waals surface area contributed by atoms with Crippen molar-refractivity contribution in [3.63, 3.8) is 0 Å². The number of carbonyl (C=O) groups is 2. The summed E-state index contributed by atoms with van der Waals surface area (Å²) in [5, 5.41) is 0. The molecule has 0 fully saturated rings. The first-order valence-corrected chi connectivity index (χ1v) is 6.36. The van der Waals surface area contributed by atoms with Crippen molar-refractivity contribution in [2.24, 2.45) is 13.0 Å². The normalized spacial score (nSPS) is 11.8. The highest BCUT2D eigenvalue weighted by Crippen LogP contribution is 2.01. The molecule has 1 atom stereocenters. The summed E-state index contributed by atoms with van der Waals surface area (Å²) in [6.45, 7) is 1.64. The standard InChI is InChI=1S/C13H19N3O5/c1-9(12(19)21-4)7-14(2)11(18)8-16-6-5-10(17)15(3)13(16)20/h5-6,9H,7-8H2,1-4H3. The van der Waals surface area contributed by atoms with Crippen molar-refractivity contribution in [2.45, 2.75) is 13.5 Å². The molecule has 1 aromatic heterocycles. The summed E-state index contributed by atoms with van der Waals surface area (Å²) in [6.07, 6.45) is 1.28. The van der Waals surface area contributed by atoms with Crippen LogP contribution in [0.1, 0.15) is 6.92 Å². The van der Waals surface area contributed by atoms with E-state index in [0.29, 0.717) is 0 Å². The zero-order chi connectivity index (χ0) is 16.2. The van der Waals surface area contributed by atoms with Crippen LogP contribution in [0.4, 0.5) is 0 Å². The molecule has 1 rings (SSSR count). The largest absolute Gasteiger partial charge is 0.469 e. The number of esters is 1. The van der Waals surface area contributed by atoms with Crippen molar-refractivity contribution in [3.05, 3.63) is 33.1 Å². The molecule has 1 amide bonds. The second kappa shape index (κ2) is 6.87. The SMILES string of the molecule is COC(=O)C(C)CN(C)C(=O)Cn1ccc(=O)n(C)c1=O. The third kappa shape index (κ3) is 4.04. The summed E-state index contributed by atoms with van der Waals surface area (Å²) in [5.74, 6) is -1.21. The summed E-state index contributed by atoms with van der Waals surface area (Å²) >= 11 is 0. The van der Waals surface area contributed by atoms with Gasteiger partial charge < -0.3 is 9.64 Å². The highest BCUT2D eigenvalue weighted by Gasteiger charge is 2.19. The molecule has 0 aliphatic heterocycles. The molecule has 0 saturated heterocycles. The predicted molar refractivity (Wildman–Crippen MR) is 74.8 cm³/mol. The van der Waals surface area contributed by atoms with E-state index in [1.807, 2.05) is 0 Å². The minimum atomic E-state index is -0.565. The number of likely N-dealkylation sites (N-methyl/N-ethyl adjacent to an activating group) is 1. The van der Waals surface area contributed by atoms with Gasteiger partial charge in [-0.25, -0.2) is 4.79 Å². The van der Waals surface area contributed by atoms with Crippen molar-refractivity contribution >= 4 is 11.9 Å². The molecule has 21 heavy (non-hydrogen) atoms. The van der Waals surface area contributed by atoms with Crippen LogP contribution in [0.3, 0.4) is 0 Å². The molecule has 0 radical (unpaired) electrons. The molecule has 0 aliphatic rings. The maximum atomic E-state index is 12.0. The Hall–Kier alpha value is -2.38. The van der Waals surface area contributed by atoms with Gasteiger partial charge >= 0.3 is 11.7 Å². The summed E-state index contributed by atoms with van der Waals surface area (Å²) < 4.78 is 6.65. The first kappa shape index (κ1) is 16.7. The van der Waals surface area contributed by atoms with Crippen LogP contribution in [0.15, 0.2) is 21.9 Å². The Bertz CT molecular complexity index is 646. The average molecular weight is 297 g/mol. The maximum absolute atomic E-state index is 12.0. The molecule has 1 aromatic rings. The molecule has 0 N–H and O–H groups in total. The number of methoxy groups -OCH3 is 1. The van der Waals surface area contributed by atoms with E-state index in [1.165, 1.54) is 38.4 Å². The third-order valence-electron chi connectivity index (χ3n) is 3.14. The van der Waals surface area contributed by atoms with Crippen LogP contribution < -0.4 is 11.2 Å². The van der Waals surface area contributed by atoms with Gasteiger partial charge in [-0.05, 0) is 0 Å². The van der Waals surface area contributed by atoms with Gasteiger partial charge in [-0.2, -0.15) is 0 Å². The lowest BCUT2D eigenvalue weighted by atomic mass is 10.2. The Morgan fingerprint density at radius 1 is 1.38 bits per heavy atom. The summed E-state index contributed by atoms with van der Waals surface area (Å²) in [4.78, 5) is 47.8. The average Bonchev–Trinajstić information content (AvgIpc) is 2.46. The number of hydrogen-bond donors (Lipinski definition) is 0. The highest BCUT2D eigenvalue weighted by molar-refractivity contribution is 5.77. The van der Waals surface area contributed by atoms with E-state index in [9.17, 15) is 19.2 Å². The minimum Gasteiger partial charge on any atom is -0.469 e. The fourth-order valence-corrected chi connectivity index (χ4v) is 1.79. The van der Waals surface area contributed by atoms with Gasteiger partial charge in [-0.15, -0.1) is 0 Å². The molecule has 8 heteroatoms. The van der Waals surface area contributed by atoms with Gasteiger partial charge in [0.05, 0.1) is 13.0 Å².